The SMILES string of the molecule is CCNC(C)c1cc(F)ccc1N(C)C1CCCCC1C. The third-order valence-electron chi connectivity index (χ3n) is 4.91. The van der Waals surface area contributed by atoms with Gasteiger partial charge in [-0.1, -0.05) is 26.7 Å². The Morgan fingerprint density at radius 2 is 2.05 bits per heavy atom. The molecule has 1 N–H and O–H groups in total. The minimum Gasteiger partial charge on any atom is -0.371 e. The van der Waals surface area contributed by atoms with Crippen LogP contribution in [0, 0.1) is 11.7 Å². The van der Waals surface area contributed by atoms with Crippen molar-refractivity contribution in [1.29, 1.82) is 0 Å². The quantitative estimate of drug-likeness (QED) is 0.859. The number of halogens is 1. The molecule has 1 aromatic rings. The number of hydrogen-bond acceptors (Lipinski definition) is 2. The van der Waals surface area contributed by atoms with Crippen molar-refractivity contribution in [2.75, 3.05) is 18.5 Å². The van der Waals surface area contributed by atoms with Gasteiger partial charge in [-0.25, -0.2) is 4.39 Å². The molecule has 0 radical (unpaired) electrons. The van der Waals surface area contributed by atoms with Crippen LogP contribution in [0.4, 0.5) is 10.1 Å². The van der Waals surface area contributed by atoms with Crippen molar-refractivity contribution >= 4 is 5.69 Å². The van der Waals surface area contributed by atoms with Crippen molar-refractivity contribution in [2.24, 2.45) is 5.92 Å². The van der Waals surface area contributed by atoms with E-state index >= 15 is 0 Å². The van der Waals surface area contributed by atoms with Gasteiger partial charge in [0.2, 0.25) is 0 Å². The van der Waals surface area contributed by atoms with E-state index in [9.17, 15) is 4.39 Å². The molecular formula is C18H29FN2. The molecule has 1 fully saturated rings. The van der Waals surface area contributed by atoms with Gasteiger partial charge in [-0.3, -0.25) is 0 Å². The van der Waals surface area contributed by atoms with E-state index in [2.05, 4.69) is 38.0 Å². The number of hydrogen-bond donors (Lipinski definition) is 1. The third kappa shape index (κ3) is 3.76. The van der Waals surface area contributed by atoms with Gasteiger partial charge < -0.3 is 10.2 Å². The topological polar surface area (TPSA) is 15.3 Å². The first-order chi connectivity index (χ1) is 10.0. The highest BCUT2D eigenvalue weighted by Crippen LogP contribution is 2.34. The summed E-state index contributed by atoms with van der Waals surface area (Å²) in [6.45, 7) is 7.43. The van der Waals surface area contributed by atoms with E-state index in [0.29, 0.717) is 12.0 Å². The number of nitrogens with zero attached hydrogens (tertiary/aromatic N) is 1. The molecule has 1 aliphatic carbocycles. The Hall–Kier alpha value is -1.09. The molecular weight excluding hydrogens is 263 g/mol. The minimum atomic E-state index is -0.149. The first-order valence-corrected chi connectivity index (χ1v) is 8.30. The van der Waals surface area contributed by atoms with Gasteiger partial charge in [-0.2, -0.15) is 0 Å². The van der Waals surface area contributed by atoms with Crippen LogP contribution in [0.3, 0.4) is 0 Å². The standard InChI is InChI=1S/C18H29FN2/c1-5-20-14(3)16-12-15(19)10-11-18(16)21(4)17-9-7-6-8-13(17)2/h10-14,17,20H,5-9H2,1-4H3. The molecule has 0 aromatic heterocycles. The van der Waals surface area contributed by atoms with E-state index in [1.165, 1.54) is 31.4 Å². The first-order valence-electron chi connectivity index (χ1n) is 8.30. The zero-order valence-electron chi connectivity index (χ0n) is 13.8. The lowest BCUT2D eigenvalue weighted by molar-refractivity contribution is 0.321. The summed E-state index contributed by atoms with van der Waals surface area (Å²) in [6, 6.07) is 5.95. The Balaban J connectivity index is 2.28. The molecule has 3 unspecified atom stereocenters. The normalized spacial score (nSPS) is 23.9. The van der Waals surface area contributed by atoms with Crippen molar-refractivity contribution < 1.29 is 4.39 Å². The average molecular weight is 292 g/mol. The van der Waals surface area contributed by atoms with E-state index in [1.54, 1.807) is 12.1 Å². The largest absolute Gasteiger partial charge is 0.371 e. The second-order valence-electron chi connectivity index (χ2n) is 6.42. The fourth-order valence-electron chi connectivity index (χ4n) is 3.66. The van der Waals surface area contributed by atoms with Gasteiger partial charge in [0, 0.05) is 24.8 Å². The predicted octanol–water partition coefficient (Wildman–Crippen LogP) is 4.51. The van der Waals surface area contributed by atoms with Crippen molar-refractivity contribution in [1.82, 2.24) is 5.32 Å². The highest BCUT2D eigenvalue weighted by atomic mass is 19.1. The fourth-order valence-corrected chi connectivity index (χ4v) is 3.66. The van der Waals surface area contributed by atoms with Crippen LogP contribution in [0.5, 0.6) is 0 Å². The van der Waals surface area contributed by atoms with Gasteiger partial charge in [-0.05, 0) is 56.0 Å². The monoisotopic (exact) mass is 292 g/mol. The minimum absolute atomic E-state index is 0.149. The van der Waals surface area contributed by atoms with E-state index in [0.717, 1.165) is 12.1 Å². The van der Waals surface area contributed by atoms with Crippen LogP contribution < -0.4 is 10.2 Å². The molecule has 3 heteroatoms. The molecule has 3 atom stereocenters. The molecule has 1 aliphatic rings. The molecule has 1 saturated carbocycles. The maximum absolute atomic E-state index is 13.7. The summed E-state index contributed by atoms with van der Waals surface area (Å²) in [4.78, 5) is 2.38. The maximum Gasteiger partial charge on any atom is 0.123 e. The van der Waals surface area contributed by atoms with Crippen LogP contribution in [-0.4, -0.2) is 19.6 Å². The molecule has 0 bridgehead atoms. The van der Waals surface area contributed by atoms with E-state index in [4.69, 9.17) is 0 Å². The zero-order valence-corrected chi connectivity index (χ0v) is 13.8. The van der Waals surface area contributed by atoms with E-state index in [1.807, 2.05) is 6.07 Å². The summed E-state index contributed by atoms with van der Waals surface area (Å²) in [5.74, 6) is 0.555. The van der Waals surface area contributed by atoms with Gasteiger partial charge in [0.15, 0.2) is 0 Å². The van der Waals surface area contributed by atoms with Crippen LogP contribution in [0.2, 0.25) is 0 Å². The predicted molar refractivity (Wildman–Crippen MR) is 88.3 cm³/mol. The molecule has 0 spiro atoms. The molecule has 2 rings (SSSR count). The summed E-state index contributed by atoms with van der Waals surface area (Å²) in [5.41, 5.74) is 2.24. The second kappa shape index (κ2) is 7.26. The smallest absolute Gasteiger partial charge is 0.123 e. The lowest BCUT2D eigenvalue weighted by Gasteiger charge is -2.39. The molecule has 0 heterocycles. The lowest BCUT2D eigenvalue weighted by atomic mass is 9.84. The summed E-state index contributed by atoms with van der Waals surface area (Å²) in [7, 11) is 2.17. The van der Waals surface area contributed by atoms with E-state index in [-0.39, 0.29) is 11.9 Å². The summed E-state index contributed by atoms with van der Waals surface area (Å²) >= 11 is 0. The molecule has 21 heavy (non-hydrogen) atoms. The lowest BCUT2D eigenvalue weighted by Crippen LogP contribution is -2.39. The summed E-state index contributed by atoms with van der Waals surface area (Å²) in [5, 5.41) is 3.41. The number of nitrogens with one attached hydrogen (secondary N) is 1. The highest BCUT2D eigenvalue weighted by molar-refractivity contribution is 5.55. The van der Waals surface area contributed by atoms with Crippen molar-refractivity contribution in [3.63, 3.8) is 0 Å². The average Bonchev–Trinajstić information content (AvgIpc) is 2.47. The van der Waals surface area contributed by atoms with Crippen LogP contribution in [0.15, 0.2) is 18.2 Å². The van der Waals surface area contributed by atoms with Gasteiger partial charge in [0.25, 0.3) is 0 Å². The zero-order chi connectivity index (χ0) is 15.4. The number of benzene rings is 1. The van der Waals surface area contributed by atoms with Crippen molar-refractivity contribution in [2.45, 2.75) is 58.5 Å². The van der Waals surface area contributed by atoms with Crippen LogP contribution >= 0.6 is 0 Å². The number of anilines is 1. The molecule has 0 saturated heterocycles. The van der Waals surface area contributed by atoms with Gasteiger partial charge in [0.05, 0.1) is 0 Å². The highest BCUT2D eigenvalue weighted by Gasteiger charge is 2.27. The fraction of sp³-hybridized carbons (Fsp3) is 0.667. The van der Waals surface area contributed by atoms with Crippen LogP contribution in [0.1, 0.15) is 58.1 Å². The maximum atomic E-state index is 13.7. The van der Waals surface area contributed by atoms with Gasteiger partial charge in [-0.15, -0.1) is 0 Å². The van der Waals surface area contributed by atoms with Crippen molar-refractivity contribution in [3.05, 3.63) is 29.6 Å². The molecule has 118 valence electrons. The summed E-state index contributed by atoms with van der Waals surface area (Å²) in [6.07, 6.45) is 5.19. The first kappa shape index (κ1) is 16.3. The van der Waals surface area contributed by atoms with Crippen LogP contribution in [0.25, 0.3) is 0 Å². The Morgan fingerprint density at radius 1 is 1.33 bits per heavy atom. The number of rotatable bonds is 5. The summed E-state index contributed by atoms with van der Waals surface area (Å²) < 4.78 is 13.7. The second-order valence-corrected chi connectivity index (χ2v) is 6.42. The Labute approximate surface area is 128 Å². The van der Waals surface area contributed by atoms with E-state index < -0.39 is 0 Å². The Kier molecular flexibility index (Phi) is 5.63. The molecule has 0 amide bonds. The molecule has 1 aromatic carbocycles. The Bertz CT molecular complexity index is 461. The van der Waals surface area contributed by atoms with Crippen molar-refractivity contribution in [3.8, 4) is 0 Å². The molecule has 2 nitrogen and oxygen atoms in total. The third-order valence-corrected chi connectivity index (χ3v) is 4.91. The van der Waals surface area contributed by atoms with Gasteiger partial charge >= 0.3 is 0 Å². The van der Waals surface area contributed by atoms with Gasteiger partial charge in [0.1, 0.15) is 5.82 Å². The Morgan fingerprint density at radius 3 is 2.71 bits per heavy atom. The van der Waals surface area contributed by atoms with Crippen LogP contribution in [-0.2, 0) is 0 Å². The molecule has 0 aliphatic heterocycles.